The highest BCUT2D eigenvalue weighted by Gasteiger charge is 2.23. The number of carbonyl (C=O) groups excluding carboxylic acids is 1. The first-order valence-corrected chi connectivity index (χ1v) is 8.73. The number of hydrogen-bond acceptors (Lipinski definition) is 6. The fraction of sp³-hybridized carbons (Fsp3) is 0.571. The Hall–Kier alpha value is -1.45. The molecule has 0 bridgehead atoms. The maximum absolute atomic E-state index is 12.2. The number of thioether (sulfide) groups is 1. The van der Waals surface area contributed by atoms with Gasteiger partial charge in [-0.1, -0.05) is 12.2 Å². The lowest BCUT2D eigenvalue weighted by molar-refractivity contribution is -0.132. The number of ether oxygens (including phenoxy) is 1. The average Bonchev–Trinajstić information content (AvgIpc) is 3.01. The van der Waals surface area contributed by atoms with Crippen molar-refractivity contribution < 1.29 is 9.53 Å². The van der Waals surface area contributed by atoms with Gasteiger partial charge >= 0.3 is 5.69 Å². The Kier molecular flexibility index (Phi) is 4.69. The third kappa shape index (κ3) is 3.13. The summed E-state index contributed by atoms with van der Waals surface area (Å²) in [6, 6.07) is 0. The minimum absolute atomic E-state index is 0.0926. The Morgan fingerprint density at radius 2 is 2.00 bits per heavy atom. The van der Waals surface area contributed by atoms with Gasteiger partial charge in [0.15, 0.2) is 0 Å². The van der Waals surface area contributed by atoms with Gasteiger partial charge in [0.1, 0.15) is 10.5 Å². The second kappa shape index (κ2) is 6.58. The Morgan fingerprint density at radius 1 is 1.30 bits per heavy atom. The number of nitrogens with zero attached hydrogens (tertiary/aromatic N) is 4. The fourth-order valence-corrected chi connectivity index (χ4v) is 3.75. The molecule has 9 heteroatoms. The Balaban J connectivity index is 1.71. The van der Waals surface area contributed by atoms with Crippen molar-refractivity contribution in [2.24, 2.45) is 19.1 Å². The summed E-state index contributed by atoms with van der Waals surface area (Å²) in [5, 5.41) is 0.828. The molecule has 2 aliphatic rings. The van der Waals surface area contributed by atoms with Crippen molar-refractivity contribution in [1.82, 2.24) is 14.0 Å². The minimum Gasteiger partial charge on any atom is -0.378 e. The fourth-order valence-electron chi connectivity index (χ4n) is 2.64. The Morgan fingerprint density at radius 3 is 2.70 bits per heavy atom. The maximum Gasteiger partial charge on any atom is 0.330 e. The van der Waals surface area contributed by atoms with Gasteiger partial charge in [0.2, 0.25) is 5.91 Å². The van der Waals surface area contributed by atoms with Gasteiger partial charge in [0.05, 0.1) is 24.0 Å². The zero-order valence-corrected chi connectivity index (χ0v) is 14.7. The van der Waals surface area contributed by atoms with E-state index in [4.69, 9.17) is 17.0 Å². The van der Waals surface area contributed by atoms with E-state index in [-0.39, 0.29) is 11.6 Å². The van der Waals surface area contributed by atoms with Crippen LogP contribution in [0.3, 0.4) is 0 Å². The maximum atomic E-state index is 12.2. The SMILES string of the molecule is Cn1c2c(c(=S)n(C)c1=O)CC(SCC(=O)N1CCOCC1)=N2. The molecule has 1 aromatic heterocycles. The molecule has 0 atom stereocenters. The molecule has 0 saturated carbocycles. The molecule has 0 aliphatic carbocycles. The van der Waals surface area contributed by atoms with Crippen molar-refractivity contribution in [3.05, 3.63) is 20.7 Å². The average molecular weight is 354 g/mol. The standard InChI is InChI=1S/C14H18N4O3S2/c1-16-12-9(13(22)17(2)14(16)20)7-10(15-12)23-8-11(19)18-3-5-21-6-4-18/h3-8H2,1-2H3. The summed E-state index contributed by atoms with van der Waals surface area (Å²) < 4.78 is 8.72. The van der Waals surface area contributed by atoms with E-state index in [0.717, 1.165) is 10.6 Å². The summed E-state index contributed by atoms with van der Waals surface area (Å²) in [6.45, 7) is 2.49. The van der Waals surface area contributed by atoms with Gasteiger partial charge in [0.25, 0.3) is 0 Å². The van der Waals surface area contributed by atoms with E-state index >= 15 is 0 Å². The molecule has 1 amide bonds. The summed E-state index contributed by atoms with van der Waals surface area (Å²) in [7, 11) is 3.35. The van der Waals surface area contributed by atoms with Crippen molar-refractivity contribution in [2.75, 3.05) is 32.1 Å². The second-order valence-corrected chi connectivity index (χ2v) is 6.91. The number of aliphatic imine (C=N–C) groups is 1. The lowest BCUT2D eigenvalue weighted by Gasteiger charge is -2.26. The van der Waals surface area contributed by atoms with Crippen molar-refractivity contribution >= 4 is 40.7 Å². The van der Waals surface area contributed by atoms with Crippen LogP contribution in [-0.4, -0.2) is 57.0 Å². The largest absolute Gasteiger partial charge is 0.378 e. The molecule has 0 spiro atoms. The molecule has 0 radical (unpaired) electrons. The zero-order chi connectivity index (χ0) is 16.6. The Bertz CT molecular complexity index is 790. The molecule has 1 saturated heterocycles. The molecule has 0 aromatic carbocycles. The summed E-state index contributed by atoms with van der Waals surface area (Å²) >= 11 is 6.75. The van der Waals surface area contributed by atoms with Gasteiger partial charge in [-0.3, -0.25) is 13.9 Å². The van der Waals surface area contributed by atoms with Crippen molar-refractivity contribution in [1.29, 1.82) is 0 Å². The van der Waals surface area contributed by atoms with E-state index < -0.39 is 0 Å². The first-order chi connectivity index (χ1) is 11.0. The third-order valence-corrected chi connectivity index (χ3v) is 5.49. The van der Waals surface area contributed by atoms with E-state index in [1.165, 1.54) is 20.9 Å². The van der Waals surface area contributed by atoms with Crippen LogP contribution in [-0.2, 0) is 30.0 Å². The Labute approximate surface area is 143 Å². The van der Waals surface area contributed by atoms with Crippen LogP contribution in [0.25, 0.3) is 0 Å². The quantitative estimate of drug-likeness (QED) is 0.729. The van der Waals surface area contributed by atoms with Crippen LogP contribution >= 0.6 is 24.0 Å². The highest BCUT2D eigenvalue weighted by atomic mass is 32.2. The summed E-state index contributed by atoms with van der Waals surface area (Å²) in [6.07, 6.45) is 0.581. The predicted octanol–water partition coefficient (Wildman–Crippen LogP) is 0.631. The van der Waals surface area contributed by atoms with Gasteiger partial charge in [-0.05, 0) is 0 Å². The number of hydrogen-bond donors (Lipinski definition) is 0. The molecule has 1 aromatic rings. The minimum atomic E-state index is -0.187. The van der Waals surface area contributed by atoms with E-state index in [1.807, 2.05) is 4.90 Å². The molecular formula is C14H18N4O3S2. The molecule has 23 heavy (non-hydrogen) atoms. The number of carbonyl (C=O) groups is 1. The zero-order valence-electron chi connectivity index (χ0n) is 13.1. The van der Waals surface area contributed by atoms with E-state index in [2.05, 4.69) is 4.99 Å². The first kappa shape index (κ1) is 16.4. The predicted molar refractivity (Wildman–Crippen MR) is 92.1 cm³/mol. The van der Waals surface area contributed by atoms with E-state index in [9.17, 15) is 9.59 Å². The highest BCUT2D eigenvalue weighted by molar-refractivity contribution is 8.14. The number of morpholine rings is 1. The number of aromatic nitrogens is 2. The molecule has 2 aliphatic heterocycles. The lowest BCUT2D eigenvalue weighted by Crippen LogP contribution is -2.41. The molecule has 7 nitrogen and oxygen atoms in total. The van der Waals surface area contributed by atoms with E-state index in [0.29, 0.717) is 48.9 Å². The second-order valence-electron chi connectivity index (χ2n) is 5.47. The highest BCUT2D eigenvalue weighted by Crippen LogP contribution is 2.29. The molecule has 3 heterocycles. The first-order valence-electron chi connectivity index (χ1n) is 7.34. The number of rotatable bonds is 2. The molecule has 0 N–H and O–H groups in total. The molecule has 3 rings (SSSR count). The van der Waals surface area contributed by atoms with Gasteiger partial charge < -0.3 is 9.64 Å². The van der Waals surface area contributed by atoms with Crippen LogP contribution in [0, 0.1) is 4.64 Å². The van der Waals surface area contributed by atoms with Crippen LogP contribution in [0.15, 0.2) is 9.79 Å². The van der Waals surface area contributed by atoms with Gasteiger partial charge in [-0.2, -0.15) is 0 Å². The third-order valence-electron chi connectivity index (χ3n) is 4.01. The monoisotopic (exact) mass is 354 g/mol. The van der Waals surface area contributed by atoms with Gasteiger partial charge in [0, 0.05) is 39.2 Å². The molecule has 0 unspecified atom stereocenters. The number of amides is 1. The van der Waals surface area contributed by atoms with Gasteiger partial charge in [-0.15, -0.1) is 11.8 Å². The lowest BCUT2D eigenvalue weighted by atomic mass is 10.2. The van der Waals surface area contributed by atoms with Crippen LogP contribution < -0.4 is 5.69 Å². The van der Waals surface area contributed by atoms with Crippen LogP contribution in [0.4, 0.5) is 5.82 Å². The van der Waals surface area contributed by atoms with Crippen molar-refractivity contribution in [3.8, 4) is 0 Å². The summed E-state index contributed by atoms with van der Waals surface area (Å²) in [4.78, 5) is 30.5. The van der Waals surface area contributed by atoms with Crippen LogP contribution in [0.1, 0.15) is 5.56 Å². The van der Waals surface area contributed by atoms with Crippen LogP contribution in [0.5, 0.6) is 0 Å². The van der Waals surface area contributed by atoms with Gasteiger partial charge in [-0.25, -0.2) is 9.79 Å². The normalized spacial score (nSPS) is 17.1. The van der Waals surface area contributed by atoms with E-state index in [1.54, 1.807) is 14.1 Å². The number of fused-ring (bicyclic) bond motifs is 1. The van der Waals surface area contributed by atoms with Crippen LogP contribution in [0.2, 0.25) is 0 Å². The topological polar surface area (TPSA) is 68.8 Å². The molecular weight excluding hydrogens is 336 g/mol. The summed E-state index contributed by atoms with van der Waals surface area (Å²) in [5.41, 5.74) is 0.694. The van der Waals surface area contributed by atoms with Crippen molar-refractivity contribution in [3.63, 3.8) is 0 Å². The molecule has 1 fully saturated rings. The van der Waals surface area contributed by atoms with Crippen molar-refractivity contribution in [2.45, 2.75) is 6.42 Å². The smallest absolute Gasteiger partial charge is 0.330 e. The molecule has 124 valence electrons. The summed E-state index contributed by atoms with van der Waals surface area (Å²) in [5.74, 6) is 1.05.